The number of benzene rings is 2. The van der Waals surface area contributed by atoms with E-state index in [4.69, 9.17) is 8.92 Å². The Balaban J connectivity index is 1.70. The van der Waals surface area contributed by atoms with Crippen molar-refractivity contribution in [3.05, 3.63) is 53.0 Å². The van der Waals surface area contributed by atoms with Crippen LogP contribution in [0.3, 0.4) is 0 Å². The van der Waals surface area contributed by atoms with Crippen molar-refractivity contribution in [1.29, 1.82) is 0 Å². The number of carbonyl (C=O) groups is 1. The van der Waals surface area contributed by atoms with Gasteiger partial charge in [0.15, 0.2) is 0 Å². The van der Waals surface area contributed by atoms with E-state index in [1.54, 1.807) is 12.1 Å². The van der Waals surface area contributed by atoms with E-state index in [2.05, 4.69) is 15.9 Å². The van der Waals surface area contributed by atoms with E-state index in [9.17, 15) is 13.2 Å². The lowest BCUT2D eigenvalue weighted by atomic mass is 9.81. The zero-order chi connectivity index (χ0) is 21.2. The number of carbonyl (C=O) groups excluding carboxylic acids is 1. The molecule has 2 aromatic rings. The number of hydrogen-bond acceptors (Lipinski definition) is 5. The molecule has 0 aliphatic carbocycles. The third kappa shape index (κ3) is 5.47. The maximum Gasteiger partial charge on any atom is 0.341 e. The SMILES string of the molecule is CC(C)(C)C1CC(C(=O)OS(=O)(=O)c2ccc(-c3ccc(Br)cc3)cc2)CCO1. The quantitative estimate of drug-likeness (QED) is 0.563. The van der Waals surface area contributed by atoms with Crippen LogP contribution in [0, 0.1) is 11.3 Å². The summed E-state index contributed by atoms with van der Waals surface area (Å²) in [5.41, 5.74) is 1.71. The summed E-state index contributed by atoms with van der Waals surface area (Å²) < 4.78 is 36.8. The summed E-state index contributed by atoms with van der Waals surface area (Å²) >= 11 is 3.39. The van der Waals surface area contributed by atoms with Crippen molar-refractivity contribution in [1.82, 2.24) is 0 Å². The van der Waals surface area contributed by atoms with Crippen LogP contribution in [-0.4, -0.2) is 27.1 Å². The predicted molar refractivity (Wildman–Crippen MR) is 115 cm³/mol. The Morgan fingerprint density at radius 3 is 2.14 bits per heavy atom. The van der Waals surface area contributed by atoms with Crippen LogP contribution in [0.4, 0.5) is 0 Å². The summed E-state index contributed by atoms with van der Waals surface area (Å²) in [6.07, 6.45) is 0.811. The Hall–Kier alpha value is -1.70. The minimum Gasteiger partial charge on any atom is -0.378 e. The molecule has 0 aromatic heterocycles. The van der Waals surface area contributed by atoms with Gasteiger partial charge in [0.2, 0.25) is 0 Å². The van der Waals surface area contributed by atoms with Crippen LogP contribution < -0.4 is 0 Å². The van der Waals surface area contributed by atoms with Crippen molar-refractivity contribution in [2.45, 2.75) is 44.6 Å². The average molecular weight is 481 g/mol. The average Bonchev–Trinajstić information content (AvgIpc) is 2.68. The molecule has 1 heterocycles. The molecule has 0 radical (unpaired) electrons. The normalized spacial score (nSPS) is 20.3. The molecule has 0 spiro atoms. The van der Waals surface area contributed by atoms with Gasteiger partial charge in [-0.2, -0.15) is 8.42 Å². The number of ether oxygens (including phenoxy) is 1. The largest absolute Gasteiger partial charge is 0.378 e. The summed E-state index contributed by atoms with van der Waals surface area (Å²) in [5, 5.41) is 0. The first-order chi connectivity index (χ1) is 13.6. The van der Waals surface area contributed by atoms with Crippen LogP contribution in [-0.2, 0) is 23.8 Å². The van der Waals surface area contributed by atoms with Crippen LogP contribution in [0.1, 0.15) is 33.6 Å². The first-order valence-electron chi connectivity index (χ1n) is 9.52. The van der Waals surface area contributed by atoms with E-state index < -0.39 is 22.0 Å². The van der Waals surface area contributed by atoms with Gasteiger partial charge < -0.3 is 8.92 Å². The fourth-order valence-electron chi connectivity index (χ4n) is 3.30. The minimum absolute atomic E-state index is 0.0360. The first kappa shape index (κ1) is 22.0. The summed E-state index contributed by atoms with van der Waals surface area (Å²) in [7, 11) is -4.17. The first-order valence-corrected chi connectivity index (χ1v) is 11.7. The van der Waals surface area contributed by atoms with Crippen molar-refractivity contribution in [3.63, 3.8) is 0 Å². The fraction of sp³-hybridized carbons (Fsp3) is 0.409. The van der Waals surface area contributed by atoms with Gasteiger partial charge in [-0.15, -0.1) is 0 Å². The molecular weight excluding hydrogens is 456 g/mol. The molecule has 1 saturated heterocycles. The van der Waals surface area contributed by atoms with Gasteiger partial charge >= 0.3 is 16.1 Å². The highest BCUT2D eigenvalue weighted by molar-refractivity contribution is 9.10. The Bertz CT molecular complexity index is 960. The summed E-state index contributed by atoms with van der Waals surface area (Å²) in [6.45, 7) is 6.53. The molecule has 1 aliphatic rings. The molecule has 7 heteroatoms. The highest BCUT2D eigenvalue weighted by atomic mass is 79.9. The molecule has 2 atom stereocenters. The molecule has 156 valence electrons. The molecule has 1 aliphatic heterocycles. The highest BCUT2D eigenvalue weighted by Crippen LogP contribution is 2.33. The zero-order valence-electron chi connectivity index (χ0n) is 16.7. The van der Waals surface area contributed by atoms with Crippen molar-refractivity contribution in [2.75, 3.05) is 6.61 Å². The fourth-order valence-corrected chi connectivity index (χ4v) is 4.48. The summed E-state index contributed by atoms with van der Waals surface area (Å²) in [4.78, 5) is 12.5. The Labute approximate surface area is 180 Å². The maximum absolute atomic E-state index is 12.6. The smallest absolute Gasteiger partial charge is 0.341 e. The molecule has 5 nitrogen and oxygen atoms in total. The number of halogens is 1. The minimum atomic E-state index is -4.17. The van der Waals surface area contributed by atoms with Crippen molar-refractivity contribution in [2.24, 2.45) is 11.3 Å². The van der Waals surface area contributed by atoms with Crippen molar-refractivity contribution in [3.8, 4) is 11.1 Å². The van der Waals surface area contributed by atoms with Gasteiger partial charge in [-0.1, -0.05) is 61.0 Å². The lowest BCUT2D eigenvalue weighted by Gasteiger charge is -2.36. The molecule has 0 N–H and O–H groups in total. The zero-order valence-corrected chi connectivity index (χ0v) is 19.1. The third-order valence-corrected chi connectivity index (χ3v) is 6.86. The number of hydrogen-bond donors (Lipinski definition) is 0. The van der Waals surface area contributed by atoms with Crippen LogP contribution in [0.5, 0.6) is 0 Å². The topological polar surface area (TPSA) is 69.7 Å². The number of rotatable bonds is 4. The van der Waals surface area contributed by atoms with E-state index >= 15 is 0 Å². The summed E-state index contributed by atoms with van der Waals surface area (Å²) in [6, 6.07) is 14.0. The van der Waals surface area contributed by atoms with E-state index in [1.807, 2.05) is 45.0 Å². The van der Waals surface area contributed by atoms with Gasteiger partial charge in [-0.05, 0) is 53.6 Å². The van der Waals surface area contributed by atoms with E-state index in [0.717, 1.165) is 15.6 Å². The van der Waals surface area contributed by atoms with Crippen molar-refractivity contribution >= 4 is 32.0 Å². The predicted octanol–water partition coefficient (Wildman–Crippen LogP) is 5.19. The second-order valence-electron chi connectivity index (χ2n) is 8.33. The van der Waals surface area contributed by atoms with Gasteiger partial charge in [0.25, 0.3) is 0 Å². The van der Waals surface area contributed by atoms with Crippen LogP contribution in [0.2, 0.25) is 0 Å². The van der Waals surface area contributed by atoms with E-state index in [1.165, 1.54) is 12.1 Å². The monoisotopic (exact) mass is 480 g/mol. The van der Waals surface area contributed by atoms with Crippen LogP contribution in [0.25, 0.3) is 11.1 Å². The molecular formula is C22H25BrO5S. The molecule has 2 unspecified atom stereocenters. The molecule has 0 amide bonds. The Kier molecular flexibility index (Phi) is 6.51. The maximum atomic E-state index is 12.6. The highest BCUT2D eigenvalue weighted by Gasteiger charge is 2.37. The van der Waals surface area contributed by atoms with Gasteiger partial charge in [0, 0.05) is 11.1 Å². The van der Waals surface area contributed by atoms with Gasteiger partial charge in [-0.3, -0.25) is 4.79 Å². The molecule has 3 rings (SSSR count). The Morgan fingerprint density at radius 1 is 1.03 bits per heavy atom. The van der Waals surface area contributed by atoms with E-state index in [-0.39, 0.29) is 16.4 Å². The lowest BCUT2D eigenvalue weighted by Crippen LogP contribution is -2.39. The third-order valence-electron chi connectivity index (χ3n) is 5.10. The second-order valence-corrected chi connectivity index (χ2v) is 10.8. The summed E-state index contributed by atoms with van der Waals surface area (Å²) in [5.74, 6) is -1.19. The molecule has 1 fully saturated rings. The standard InChI is InChI=1S/C22H25BrO5S/c1-22(2,3)20-14-17(12-13-27-20)21(24)28-29(25,26)19-10-6-16(7-11-19)15-4-8-18(23)9-5-15/h4-11,17,20H,12-14H2,1-3H3. The Morgan fingerprint density at radius 2 is 1.59 bits per heavy atom. The molecule has 2 aromatic carbocycles. The van der Waals surface area contributed by atoms with Gasteiger partial charge in [-0.25, -0.2) is 0 Å². The molecule has 0 bridgehead atoms. The van der Waals surface area contributed by atoms with Crippen molar-refractivity contribution < 1.29 is 22.1 Å². The van der Waals surface area contributed by atoms with E-state index in [0.29, 0.717) is 19.4 Å². The molecule has 29 heavy (non-hydrogen) atoms. The van der Waals surface area contributed by atoms with Gasteiger partial charge in [0.05, 0.1) is 12.0 Å². The van der Waals surface area contributed by atoms with Crippen LogP contribution in [0.15, 0.2) is 57.9 Å². The van der Waals surface area contributed by atoms with Crippen LogP contribution >= 0.6 is 15.9 Å². The molecule has 0 saturated carbocycles. The van der Waals surface area contributed by atoms with Gasteiger partial charge in [0.1, 0.15) is 4.90 Å². The second kappa shape index (κ2) is 8.58. The lowest BCUT2D eigenvalue weighted by molar-refractivity contribution is -0.146.